The molecule has 1 aliphatic rings. The molecule has 0 unspecified atom stereocenters. The first-order valence-corrected chi connectivity index (χ1v) is 11.4. The Hall–Kier alpha value is -1.29. The number of rotatable bonds is 6. The molecule has 1 aliphatic heterocycles. The summed E-state index contributed by atoms with van der Waals surface area (Å²) in [5.41, 5.74) is 1.17. The van der Waals surface area contributed by atoms with Crippen molar-refractivity contribution in [3.8, 4) is 11.5 Å². The Morgan fingerprint density at radius 1 is 1.10 bits per heavy atom. The Balaban J connectivity index is 0.00000256. The standard InChI is InChI=1S/C19H19Cl2N3O3S2.ClH/c1-23(2)4-3-5-24(18(25)11-8-16(20)29-17(11)21)19-22-12-9-13-14(10-15(12)28-19)27-7-6-26-13;/h8-10H,3-7H2,1-2H3;1H. The maximum absolute atomic E-state index is 13.3. The summed E-state index contributed by atoms with van der Waals surface area (Å²) in [7, 11) is 4.01. The number of anilines is 1. The lowest BCUT2D eigenvalue weighted by molar-refractivity contribution is 0.0986. The van der Waals surface area contributed by atoms with E-state index in [4.69, 9.17) is 37.7 Å². The third-order valence-corrected chi connectivity index (χ3v) is 6.92. The van der Waals surface area contributed by atoms with Crippen LogP contribution >= 0.6 is 58.3 Å². The molecule has 0 saturated carbocycles. The van der Waals surface area contributed by atoms with Gasteiger partial charge >= 0.3 is 0 Å². The second-order valence-corrected chi connectivity index (χ2v) is 10.1. The summed E-state index contributed by atoms with van der Waals surface area (Å²) in [5.74, 6) is 1.18. The minimum absolute atomic E-state index is 0. The van der Waals surface area contributed by atoms with Gasteiger partial charge in [0.05, 0.1) is 20.1 Å². The lowest BCUT2D eigenvalue weighted by Crippen LogP contribution is -2.33. The summed E-state index contributed by atoms with van der Waals surface area (Å²) in [6, 6.07) is 5.40. The molecule has 1 amide bonds. The molecule has 4 rings (SSSR count). The molecule has 3 heterocycles. The van der Waals surface area contributed by atoms with Gasteiger partial charge in [0.25, 0.3) is 5.91 Å². The molecule has 2 aromatic heterocycles. The van der Waals surface area contributed by atoms with E-state index < -0.39 is 0 Å². The highest BCUT2D eigenvalue weighted by Gasteiger charge is 2.25. The zero-order valence-corrected chi connectivity index (χ0v) is 20.3. The van der Waals surface area contributed by atoms with E-state index in [0.29, 0.717) is 50.6 Å². The zero-order valence-electron chi connectivity index (χ0n) is 16.3. The van der Waals surface area contributed by atoms with Crippen molar-refractivity contribution in [2.75, 3.05) is 45.3 Å². The average Bonchev–Trinajstić information content (AvgIpc) is 3.24. The van der Waals surface area contributed by atoms with Crippen LogP contribution in [0.25, 0.3) is 10.2 Å². The highest BCUT2D eigenvalue weighted by atomic mass is 35.5. The first-order chi connectivity index (χ1) is 13.9. The second-order valence-electron chi connectivity index (χ2n) is 6.81. The molecule has 3 aromatic rings. The molecule has 162 valence electrons. The smallest absolute Gasteiger partial charge is 0.262 e. The van der Waals surface area contributed by atoms with Crippen molar-refractivity contribution in [2.24, 2.45) is 0 Å². The molecule has 0 spiro atoms. The number of benzene rings is 1. The van der Waals surface area contributed by atoms with Gasteiger partial charge in [-0.2, -0.15) is 0 Å². The van der Waals surface area contributed by atoms with Gasteiger partial charge in [0.1, 0.15) is 17.6 Å². The number of hydrogen-bond acceptors (Lipinski definition) is 7. The number of amides is 1. The number of thiophene rings is 1. The molecule has 6 nitrogen and oxygen atoms in total. The van der Waals surface area contributed by atoms with Crippen LogP contribution in [0.2, 0.25) is 8.67 Å². The van der Waals surface area contributed by atoms with Crippen LogP contribution in [0, 0.1) is 0 Å². The van der Waals surface area contributed by atoms with Crippen molar-refractivity contribution in [3.63, 3.8) is 0 Å². The van der Waals surface area contributed by atoms with Crippen LogP contribution in [0.5, 0.6) is 11.5 Å². The molecule has 11 heteroatoms. The van der Waals surface area contributed by atoms with E-state index >= 15 is 0 Å². The first kappa shape index (κ1) is 23.4. The molecule has 0 fully saturated rings. The van der Waals surface area contributed by atoms with Gasteiger partial charge in [0, 0.05) is 18.7 Å². The van der Waals surface area contributed by atoms with Crippen molar-refractivity contribution in [2.45, 2.75) is 6.42 Å². The Kier molecular flexibility index (Phi) is 7.71. The Bertz CT molecular complexity index is 1010. The number of fused-ring (bicyclic) bond motifs is 2. The summed E-state index contributed by atoms with van der Waals surface area (Å²) in [5, 5.41) is 0.615. The van der Waals surface area contributed by atoms with E-state index in [1.165, 1.54) is 22.7 Å². The lowest BCUT2D eigenvalue weighted by atomic mass is 10.2. The van der Waals surface area contributed by atoms with Gasteiger partial charge < -0.3 is 14.4 Å². The summed E-state index contributed by atoms with van der Waals surface area (Å²) < 4.78 is 13.1. The fourth-order valence-corrected chi connectivity index (χ4v) is 5.48. The van der Waals surface area contributed by atoms with Crippen LogP contribution in [0.4, 0.5) is 5.13 Å². The highest BCUT2D eigenvalue weighted by molar-refractivity contribution is 7.22. The number of halogens is 3. The number of carbonyl (C=O) groups excluding carboxylic acids is 1. The summed E-state index contributed by atoms with van der Waals surface area (Å²) in [4.78, 5) is 21.7. The molecule has 30 heavy (non-hydrogen) atoms. The lowest BCUT2D eigenvalue weighted by Gasteiger charge is -2.20. The quantitative estimate of drug-likeness (QED) is 0.443. The van der Waals surface area contributed by atoms with Crippen LogP contribution in [0.3, 0.4) is 0 Å². The number of carbonyl (C=O) groups is 1. The minimum Gasteiger partial charge on any atom is -0.486 e. The SMILES string of the molecule is CN(C)CCCN(C(=O)c1cc(Cl)sc1Cl)c1nc2cc3c(cc2s1)OCCO3.Cl. The van der Waals surface area contributed by atoms with Gasteiger partial charge in [-0.3, -0.25) is 9.69 Å². The summed E-state index contributed by atoms with van der Waals surface area (Å²) in [6.07, 6.45) is 0.798. The number of nitrogens with zero attached hydrogens (tertiary/aromatic N) is 3. The van der Waals surface area contributed by atoms with E-state index in [-0.39, 0.29) is 18.3 Å². The van der Waals surface area contributed by atoms with Crippen LogP contribution in [-0.2, 0) is 0 Å². The minimum atomic E-state index is -0.201. The normalized spacial score (nSPS) is 12.8. The maximum Gasteiger partial charge on any atom is 0.262 e. The van der Waals surface area contributed by atoms with Crippen LogP contribution in [0.15, 0.2) is 18.2 Å². The molecular formula is C19H20Cl3N3O3S2. The molecule has 0 saturated heterocycles. The zero-order chi connectivity index (χ0) is 20.5. The van der Waals surface area contributed by atoms with E-state index in [2.05, 4.69) is 4.90 Å². The predicted molar refractivity (Wildman–Crippen MR) is 127 cm³/mol. The summed E-state index contributed by atoms with van der Waals surface area (Å²) >= 11 is 14.9. The van der Waals surface area contributed by atoms with E-state index in [9.17, 15) is 4.79 Å². The number of aromatic nitrogens is 1. The highest BCUT2D eigenvalue weighted by Crippen LogP contribution is 2.40. The topological polar surface area (TPSA) is 54.9 Å². The number of ether oxygens (including phenoxy) is 2. The molecule has 0 atom stereocenters. The van der Waals surface area contributed by atoms with Gasteiger partial charge in [-0.05, 0) is 33.1 Å². The fraction of sp³-hybridized carbons (Fsp3) is 0.368. The van der Waals surface area contributed by atoms with Gasteiger partial charge in [0.15, 0.2) is 16.6 Å². The second kappa shape index (κ2) is 9.89. The van der Waals surface area contributed by atoms with Crippen molar-refractivity contribution >= 4 is 79.5 Å². The van der Waals surface area contributed by atoms with Crippen LogP contribution < -0.4 is 14.4 Å². The third kappa shape index (κ3) is 4.95. The third-order valence-electron chi connectivity index (χ3n) is 4.39. The number of thiazole rings is 1. The average molecular weight is 509 g/mol. The Morgan fingerprint density at radius 2 is 1.80 bits per heavy atom. The molecule has 0 radical (unpaired) electrons. The van der Waals surface area contributed by atoms with Gasteiger partial charge in [-0.1, -0.05) is 34.5 Å². The molecular weight excluding hydrogens is 489 g/mol. The molecule has 0 N–H and O–H groups in total. The fourth-order valence-electron chi connectivity index (χ4n) is 3.03. The molecule has 1 aromatic carbocycles. The van der Waals surface area contributed by atoms with Crippen LogP contribution in [0.1, 0.15) is 16.8 Å². The Morgan fingerprint density at radius 3 is 2.43 bits per heavy atom. The molecule has 0 aliphatic carbocycles. The Labute approximate surface area is 198 Å². The van der Waals surface area contributed by atoms with Gasteiger partial charge in [-0.15, -0.1) is 23.7 Å². The van der Waals surface area contributed by atoms with Gasteiger partial charge in [0.2, 0.25) is 0 Å². The van der Waals surface area contributed by atoms with Crippen molar-refractivity contribution in [1.29, 1.82) is 0 Å². The summed E-state index contributed by atoms with van der Waals surface area (Å²) in [6.45, 7) is 2.41. The van der Waals surface area contributed by atoms with E-state index in [0.717, 1.165) is 23.2 Å². The van der Waals surface area contributed by atoms with Crippen molar-refractivity contribution in [1.82, 2.24) is 9.88 Å². The van der Waals surface area contributed by atoms with E-state index in [1.807, 2.05) is 26.2 Å². The monoisotopic (exact) mass is 507 g/mol. The number of hydrogen-bond donors (Lipinski definition) is 0. The van der Waals surface area contributed by atoms with E-state index in [1.54, 1.807) is 11.0 Å². The van der Waals surface area contributed by atoms with Gasteiger partial charge in [-0.25, -0.2) is 4.98 Å². The first-order valence-electron chi connectivity index (χ1n) is 9.04. The predicted octanol–water partition coefficient (Wildman–Crippen LogP) is 5.46. The van der Waals surface area contributed by atoms with Crippen molar-refractivity contribution in [3.05, 3.63) is 32.4 Å². The maximum atomic E-state index is 13.3. The largest absolute Gasteiger partial charge is 0.486 e. The van der Waals surface area contributed by atoms with Crippen LogP contribution in [-0.4, -0.2) is 56.2 Å². The molecule has 0 bridgehead atoms. The van der Waals surface area contributed by atoms with Crippen molar-refractivity contribution < 1.29 is 14.3 Å².